The number of esters is 2. The molecule has 0 saturated carbocycles. The Bertz CT molecular complexity index is 1420. The maximum Gasteiger partial charge on any atom is 0.338 e. The molecule has 0 aromatic heterocycles. The van der Waals surface area contributed by atoms with E-state index in [1.54, 1.807) is 51.1 Å². The number of urea groups is 1. The summed E-state index contributed by atoms with van der Waals surface area (Å²) in [5.74, 6) is -0.351. The van der Waals surface area contributed by atoms with Crippen LogP contribution in [0, 0.1) is 3.57 Å². The third-order valence-corrected chi connectivity index (χ3v) is 6.43. The van der Waals surface area contributed by atoms with Crippen molar-refractivity contribution in [3.8, 4) is 23.0 Å². The molecule has 13 nitrogen and oxygen atoms in total. The quantitative estimate of drug-likeness (QED) is 0.0995. The van der Waals surface area contributed by atoms with Gasteiger partial charge >= 0.3 is 18.0 Å². The first kappa shape index (κ1) is 32.2. The first-order valence-electron chi connectivity index (χ1n) is 12.8. The summed E-state index contributed by atoms with van der Waals surface area (Å²) in [6.07, 6.45) is 1.42. The fourth-order valence-electron chi connectivity index (χ4n) is 3.93. The summed E-state index contributed by atoms with van der Waals surface area (Å²) in [5.41, 5.74) is 4.17. The van der Waals surface area contributed by atoms with Crippen molar-refractivity contribution in [1.82, 2.24) is 16.1 Å². The van der Waals surface area contributed by atoms with E-state index in [0.717, 1.165) is 0 Å². The summed E-state index contributed by atoms with van der Waals surface area (Å²) in [5, 5.41) is 9.26. The molecule has 224 valence electrons. The Balaban J connectivity index is 1.68. The van der Waals surface area contributed by atoms with Gasteiger partial charge in [-0.2, -0.15) is 5.10 Å². The number of rotatable bonds is 12. The lowest BCUT2D eigenvalue weighted by Gasteiger charge is -2.28. The first-order chi connectivity index (χ1) is 20.1. The number of nitrogens with one attached hydrogen (secondary N) is 3. The lowest BCUT2D eigenvalue weighted by atomic mass is 9.95. The zero-order valence-corrected chi connectivity index (χ0v) is 25.8. The smallest absolute Gasteiger partial charge is 0.338 e. The molecule has 1 aliphatic heterocycles. The number of carbonyl (C=O) groups is 4. The van der Waals surface area contributed by atoms with Gasteiger partial charge in [0.1, 0.15) is 0 Å². The molecule has 0 unspecified atom stereocenters. The molecule has 0 fully saturated rings. The topological polar surface area (TPSA) is 163 Å². The molecule has 0 spiro atoms. The van der Waals surface area contributed by atoms with E-state index in [2.05, 4.69) is 21.2 Å². The third-order valence-electron chi connectivity index (χ3n) is 5.62. The first-order valence-corrected chi connectivity index (χ1v) is 13.9. The van der Waals surface area contributed by atoms with E-state index >= 15 is 0 Å². The van der Waals surface area contributed by atoms with Crippen molar-refractivity contribution in [3.63, 3.8) is 0 Å². The average molecular weight is 694 g/mol. The molecule has 42 heavy (non-hydrogen) atoms. The van der Waals surface area contributed by atoms with Gasteiger partial charge < -0.3 is 34.3 Å². The van der Waals surface area contributed by atoms with Crippen molar-refractivity contribution in [2.24, 2.45) is 5.10 Å². The summed E-state index contributed by atoms with van der Waals surface area (Å²) in [4.78, 5) is 48.5. The predicted molar refractivity (Wildman–Crippen MR) is 160 cm³/mol. The largest absolute Gasteiger partial charge is 0.493 e. The number of halogens is 1. The van der Waals surface area contributed by atoms with Crippen LogP contribution < -0.4 is 35.0 Å². The minimum atomic E-state index is -0.784. The van der Waals surface area contributed by atoms with Gasteiger partial charge in [0.2, 0.25) is 0 Å². The molecule has 2 aromatic rings. The van der Waals surface area contributed by atoms with E-state index < -0.39 is 29.9 Å². The highest BCUT2D eigenvalue weighted by molar-refractivity contribution is 14.1. The fraction of sp³-hybridized carbons (Fsp3) is 0.321. The lowest BCUT2D eigenvalue weighted by molar-refractivity contribution is -0.139. The zero-order chi connectivity index (χ0) is 30.8. The molecule has 0 radical (unpaired) electrons. The summed E-state index contributed by atoms with van der Waals surface area (Å²) in [6.45, 7) is 6.57. The Morgan fingerprint density at radius 1 is 1.07 bits per heavy atom. The van der Waals surface area contributed by atoms with Gasteiger partial charge in [0.25, 0.3) is 5.91 Å². The van der Waals surface area contributed by atoms with Gasteiger partial charge in [0, 0.05) is 12.6 Å². The molecule has 3 rings (SSSR count). The maximum absolute atomic E-state index is 12.6. The summed E-state index contributed by atoms with van der Waals surface area (Å²) in [7, 11) is 1.43. The van der Waals surface area contributed by atoms with Gasteiger partial charge in [-0.1, -0.05) is 6.07 Å². The molecule has 0 saturated heterocycles. The molecule has 1 aliphatic rings. The van der Waals surface area contributed by atoms with Crippen molar-refractivity contribution < 1.29 is 42.9 Å². The third kappa shape index (κ3) is 8.34. The number of hydrogen-bond acceptors (Lipinski definition) is 10. The number of nitrogens with zero attached hydrogens (tertiary/aromatic N) is 1. The van der Waals surface area contributed by atoms with Gasteiger partial charge in [0.15, 0.2) is 29.6 Å². The molecular formula is C28H31IN4O9. The van der Waals surface area contributed by atoms with E-state index in [1.807, 2.05) is 22.6 Å². The van der Waals surface area contributed by atoms with Crippen LogP contribution in [-0.2, 0) is 19.1 Å². The van der Waals surface area contributed by atoms with Gasteiger partial charge in [-0.25, -0.2) is 15.0 Å². The number of amides is 3. The Kier molecular flexibility index (Phi) is 11.5. The van der Waals surface area contributed by atoms with Crippen LogP contribution in [0.3, 0.4) is 0 Å². The Morgan fingerprint density at radius 3 is 2.50 bits per heavy atom. The molecule has 14 heteroatoms. The van der Waals surface area contributed by atoms with Gasteiger partial charge in [-0.05, 0) is 78.8 Å². The van der Waals surface area contributed by atoms with Crippen molar-refractivity contribution >= 4 is 52.7 Å². The minimum absolute atomic E-state index is 0.175. The van der Waals surface area contributed by atoms with E-state index in [-0.39, 0.29) is 30.3 Å². The number of carbonyl (C=O) groups excluding carboxylic acids is 4. The van der Waals surface area contributed by atoms with Crippen LogP contribution in [0.15, 0.2) is 46.7 Å². The Morgan fingerprint density at radius 2 is 1.83 bits per heavy atom. The van der Waals surface area contributed by atoms with Crippen LogP contribution in [0.1, 0.15) is 44.9 Å². The molecule has 3 amide bonds. The highest BCUT2D eigenvalue weighted by Crippen LogP contribution is 2.35. The van der Waals surface area contributed by atoms with Crippen LogP contribution in [0.25, 0.3) is 0 Å². The fourth-order valence-corrected chi connectivity index (χ4v) is 4.66. The van der Waals surface area contributed by atoms with Gasteiger partial charge in [-0.15, -0.1) is 0 Å². The van der Waals surface area contributed by atoms with Crippen molar-refractivity contribution in [2.45, 2.75) is 33.7 Å². The Labute approximate surface area is 256 Å². The molecule has 2 aromatic carbocycles. The number of benzene rings is 2. The van der Waals surface area contributed by atoms with Gasteiger partial charge in [-0.3, -0.25) is 9.59 Å². The summed E-state index contributed by atoms with van der Waals surface area (Å²) < 4.78 is 27.7. The zero-order valence-electron chi connectivity index (χ0n) is 23.7. The van der Waals surface area contributed by atoms with E-state index in [0.29, 0.717) is 38.5 Å². The number of methoxy groups -OCH3 is 1. The second-order valence-corrected chi connectivity index (χ2v) is 9.80. The van der Waals surface area contributed by atoms with E-state index in [4.69, 9.17) is 23.7 Å². The summed E-state index contributed by atoms with van der Waals surface area (Å²) >= 11 is 2.02. The number of allylic oxidation sites excluding steroid dienone is 1. The predicted octanol–water partition coefficient (Wildman–Crippen LogP) is 3.34. The normalized spacial score (nSPS) is 14.5. The van der Waals surface area contributed by atoms with Crippen LogP contribution in [0.2, 0.25) is 0 Å². The molecule has 1 atom stereocenters. The molecule has 3 N–H and O–H groups in total. The highest BCUT2D eigenvalue weighted by Gasteiger charge is 2.32. The number of ether oxygens (including phenoxy) is 5. The lowest BCUT2D eigenvalue weighted by Crippen LogP contribution is -2.45. The Hall–Kier alpha value is -4.34. The van der Waals surface area contributed by atoms with Crippen LogP contribution in [0.4, 0.5) is 4.79 Å². The highest BCUT2D eigenvalue weighted by atomic mass is 127. The maximum atomic E-state index is 12.6. The van der Waals surface area contributed by atoms with Crippen LogP contribution >= 0.6 is 22.6 Å². The summed E-state index contributed by atoms with van der Waals surface area (Å²) in [6, 6.07) is 6.92. The van der Waals surface area contributed by atoms with E-state index in [9.17, 15) is 19.2 Å². The van der Waals surface area contributed by atoms with E-state index in [1.165, 1.54) is 20.2 Å². The van der Waals surface area contributed by atoms with Crippen LogP contribution in [-0.4, -0.2) is 57.0 Å². The SMILES string of the molecule is CCOC(=O)C1=C(C)NC(=O)N[C@H]1c1ccc(OCC(=O)N/N=C/c2cc(I)c(OC(C)=O)c(OCC)c2)c(OC)c1. The second-order valence-electron chi connectivity index (χ2n) is 8.64. The standard InChI is InChI=1S/C28H31IN4O9/c1-6-39-22-11-17(10-19(29)26(22)42-16(4)34)13-30-33-23(35)14-41-20-9-8-18(12-21(20)38-5)25-24(27(36)40-7-2)15(3)31-28(37)32-25/h8-13,25H,6-7,14H2,1-5H3,(H,33,35)(H2,31,32,37)/b30-13+/t25-/m0/s1. The van der Waals surface area contributed by atoms with Gasteiger partial charge in [0.05, 0.1) is 41.7 Å². The molecular weight excluding hydrogens is 663 g/mol. The number of hydrazone groups is 1. The molecule has 1 heterocycles. The molecule has 0 aliphatic carbocycles. The monoisotopic (exact) mass is 694 g/mol. The molecule has 0 bridgehead atoms. The minimum Gasteiger partial charge on any atom is -0.493 e. The van der Waals surface area contributed by atoms with Crippen LogP contribution in [0.5, 0.6) is 23.0 Å². The number of hydrogen-bond donors (Lipinski definition) is 3. The second kappa shape index (κ2) is 15.0. The van der Waals surface area contributed by atoms with Crippen molar-refractivity contribution in [3.05, 3.63) is 56.3 Å². The average Bonchev–Trinajstić information content (AvgIpc) is 2.93. The van der Waals surface area contributed by atoms with Crippen molar-refractivity contribution in [1.29, 1.82) is 0 Å². The van der Waals surface area contributed by atoms with Crippen molar-refractivity contribution in [2.75, 3.05) is 26.9 Å².